The molecule has 1 saturated heterocycles. The second kappa shape index (κ2) is 12.3. The summed E-state index contributed by atoms with van der Waals surface area (Å²) in [7, 11) is 0. The molecule has 3 aromatic rings. The van der Waals surface area contributed by atoms with Gasteiger partial charge in [-0.3, -0.25) is 18.9 Å². The maximum atomic E-state index is 13.5. The number of rotatable bonds is 11. The van der Waals surface area contributed by atoms with E-state index in [9.17, 15) is 9.59 Å². The molecule has 1 amide bonds. The second-order valence-electron chi connectivity index (χ2n) is 8.97. The zero-order chi connectivity index (χ0) is 25.5. The number of thiocarbonyl (C=S) groups is 1. The average Bonchev–Trinajstić information content (AvgIpc) is 3.14. The van der Waals surface area contributed by atoms with Gasteiger partial charge in [-0.1, -0.05) is 93.0 Å². The van der Waals surface area contributed by atoms with Gasteiger partial charge >= 0.3 is 0 Å². The van der Waals surface area contributed by atoms with E-state index >= 15 is 0 Å². The number of carbonyl (C=O) groups excluding carboxylic acids is 1. The molecular formula is C28H32N4O2S2. The number of nitrogens with one attached hydrogen (secondary N) is 1. The topological polar surface area (TPSA) is 66.7 Å². The van der Waals surface area contributed by atoms with Crippen molar-refractivity contribution in [3.8, 4) is 0 Å². The molecule has 1 aliphatic heterocycles. The summed E-state index contributed by atoms with van der Waals surface area (Å²) < 4.78 is 2.09. The van der Waals surface area contributed by atoms with Crippen LogP contribution < -0.4 is 10.9 Å². The third-order valence-corrected chi connectivity index (χ3v) is 7.65. The molecule has 1 N–H and O–H groups in total. The highest BCUT2D eigenvalue weighted by Crippen LogP contribution is 2.33. The summed E-state index contributed by atoms with van der Waals surface area (Å²) in [5, 5.41) is 3.35. The van der Waals surface area contributed by atoms with Crippen molar-refractivity contribution in [2.24, 2.45) is 0 Å². The number of nitrogens with zero attached hydrogens (tertiary/aromatic N) is 3. The predicted octanol–water partition coefficient (Wildman–Crippen LogP) is 5.83. The predicted molar refractivity (Wildman–Crippen MR) is 153 cm³/mol. The summed E-state index contributed by atoms with van der Waals surface area (Å²) in [5.41, 5.74) is 2.86. The van der Waals surface area contributed by atoms with Crippen LogP contribution in [0.15, 0.2) is 58.4 Å². The molecule has 3 heterocycles. The summed E-state index contributed by atoms with van der Waals surface area (Å²) in [6.07, 6.45) is 9.71. The number of pyridine rings is 1. The van der Waals surface area contributed by atoms with Crippen LogP contribution in [-0.4, -0.2) is 37.6 Å². The first-order valence-electron chi connectivity index (χ1n) is 12.5. The standard InChI is InChI=1S/C28H32N4O2S2/c1-3-4-5-6-10-17-32-27(34)23(36-28(32)35)19-22-24(29-16-15-21-13-8-7-9-14-21)30-25-20(2)12-11-18-31(25)26(22)33/h7-9,11-14,18-19,29H,3-6,10,15-17H2,1-2H3. The number of benzene rings is 1. The summed E-state index contributed by atoms with van der Waals surface area (Å²) in [6.45, 7) is 5.34. The number of anilines is 1. The van der Waals surface area contributed by atoms with Gasteiger partial charge in [0.05, 0.1) is 10.5 Å². The van der Waals surface area contributed by atoms with Crippen LogP contribution >= 0.6 is 24.0 Å². The van der Waals surface area contributed by atoms with E-state index in [0.29, 0.717) is 39.3 Å². The number of aromatic nitrogens is 2. The van der Waals surface area contributed by atoms with E-state index in [4.69, 9.17) is 17.2 Å². The lowest BCUT2D eigenvalue weighted by Gasteiger charge is -2.14. The minimum atomic E-state index is -0.212. The highest BCUT2D eigenvalue weighted by molar-refractivity contribution is 8.26. The third-order valence-electron chi connectivity index (χ3n) is 6.27. The molecule has 1 fully saturated rings. The lowest BCUT2D eigenvalue weighted by molar-refractivity contribution is -0.122. The fourth-order valence-corrected chi connectivity index (χ4v) is 5.53. The maximum Gasteiger partial charge on any atom is 0.267 e. The Kier molecular flexibility index (Phi) is 8.93. The van der Waals surface area contributed by atoms with Gasteiger partial charge < -0.3 is 5.32 Å². The molecular weight excluding hydrogens is 488 g/mol. The van der Waals surface area contributed by atoms with Gasteiger partial charge in [-0.05, 0) is 43.0 Å². The lowest BCUT2D eigenvalue weighted by atomic mass is 10.1. The Hall–Kier alpha value is -2.97. The minimum Gasteiger partial charge on any atom is -0.369 e. The van der Waals surface area contributed by atoms with Crippen molar-refractivity contribution in [1.29, 1.82) is 0 Å². The zero-order valence-electron chi connectivity index (χ0n) is 20.8. The molecule has 0 atom stereocenters. The molecule has 0 saturated carbocycles. The zero-order valence-corrected chi connectivity index (χ0v) is 22.5. The van der Waals surface area contributed by atoms with Gasteiger partial charge in [-0.2, -0.15) is 0 Å². The van der Waals surface area contributed by atoms with Crippen molar-refractivity contribution in [3.05, 3.63) is 80.6 Å². The van der Waals surface area contributed by atoms with E-state index < -0.39 is 0 Å². The van der Waals surface area contributed by atoms with Gasteiger partial charge in [0.25, 0.3) is 11.5 Å². The number of unbranched alkanes of at least 4 members (excludes halogenated alkanes) is 4. The molecule has 4 rings (SSSR count). The van der Waals surface area contributed by atoms with Crippen LogP contribution in [0.2, 0.25) is 0 Å². The second-order valence-corrected chi connectivity index (χ2v) is 10.6. The fraction of sp³-hybridized carbons (Fsp3) is 0.357. The first-order chi connectivity index (χ1) is 17.5. The molecule has 0 unspecified atom stereocenters. The summed E-state index contributed by atoms with van der Waals surface area (Å²) in [6, 6.07) is 13.9. The smallest absolute Gasteiger partial charge is 0.267 e. The normalized spacial score (nSPS) is 14.8. The molecule has 1 aliphatic rings. The van der Waals surface area contributed by atoms with Gasteiger partial charge in [-0.15, -0.1) is 0 Å². The molecule has 0 bridgehead atoms. The van der Waals surface area contributed by atoms with E-state index in [1.165, 1.54) is 34.6 Å². The largest absolute Gasteiger partial charge is 0.369 e. The summed E-state index contributed by atoms with van der Waals surface area (Å²) >= 11 is 6.77. The maximum absolute atomic E-state index is 13.5. The number of hydrogen-bond acceptors (Lipinski definition) is 6. The first kappa shape index (κ1) is 26.1. The fourth-order valence-electron chi connectivity index (χ4n) is 4.24. The third kappa shape index (κ3) is 6.05. The number of carbonyl (C=O) groups is 1. The number of thioether (sulfide) groups is 1. The average molecular weight is 521 g/mol. The van der Waals surface area contributed by atoms with E-state index in [0.717, 1.165) is 31.2 Å². The Morgan fingerprint density at radius 2 is 1.83 bits per heavy atom. The van der Waals surface area contributed by atoms with Crippen molar-refractivity contribution in [2.75, 3.05) is 18.4 Å². The Balaban J connectivity index is 1.61. The molecule has 0 radical (unpaired) electrons. The van der Waals surface area contributed by atoms with E-state index in [1.807, 2.05) is 37.3 Å². The molecule has 2 aromatic heterocycles. The van der Waals surface area contributed by atoms with E-state index in [1.54, 1.807) is 17.2 Å². The molecule has 0 aliphatic carbocycles. The Morgan fingerprint density at radius 3 is 2.61 bits per heavy atom. The number of hydrogen-bond donors (Lipinski definition) is 1. The highest BCUT2D eigenvalue weighted by Gasteiger charge is 2.32. The van der Waals surface area contributed by atoms with Crippen molar-refractivity contribution in [1.82, 2.24) is 14.3 Å². The lowest BCUT2D eigenvalue weighted by Crippen LogP contribution is -2.29. The van der Waals surface area contributed by atoms with Crippen molar-refractivity contribution in [3.63, 3.8) is 0 Å². The molecule has 6 nitrogen and oxygen atoms in total. The van der Waals surface area contributed by atoms with Crippen LogP contribution in [0.25, 0.3) is 11.7 Å². The van der Waals surface area contributed by atoms with Crippen LogP contribution in [0.5, 0.6) is 0 Å². The molecule has 36 heavy (non-hydrogen) atoms. The van der Waals surface area contributed by atoms with Gasteiger partial charge in [0.2, 0.25) is 0 Å². The van der Waals surface area contributed by atoms with Crippen LogP contribution in [0.4, 0.5) is 5.82 Å². The Morgan fingerprint density at radius 1 is 1.06 bits per heavy atom. The van der Waals surface area contributed by atoms with Gasteiger partial charge in [0, 0.05) is 19.3 Å². The minimum absolute atomic E-state index is 0.135. The van der Waals surface area contributed by atoms with Crippen LogP contribution in [-0.2, 0) is 11.2 Å². The quantitative estimate of drug-likeness (QED) is 0.195. The molecule has 188 valence electrons. The Bertz CT molecular complexity index is 1330. The monoisotopic (exact) mass is 520 g/mol. The van der Waals surface area contributed by atoms with Crippen LogP contribution in [0.1, 0.15) is 55.7 Å². The Labute approximate surface area is 221 Å². The molecule has 0 spiro atoms. The van der Waals surface area contributed by atoms with Crippen LogP contribution in [0, 0.1) is 6.92 Å². The number of amides is 1. The van der Waals surface area contributed by atoms with Gasteiger partial charge in [-0.25, -0.2) is 4.98 Å². The van der Waals surface area contributed by atoms with Crippen molar-refractivity contribution in [2.45, 2.75) is 52.4 Å². The summed E-state index contributed by atoms with van der Waals surface area (Å²) in [5.74, 6) is 0.347. The van der Waals surface area contributed by atoms with Crippen molar-refractivity contribution >= 4 is 51.7 Å². The van der Waals surface area contributed by atoms with Crippen LogP contribution in [0.3, 0.4) is 0 Å². The SMILES string of the molecule is CCCCCCCN1C(=O)C(=Cc2c(NCCc3ccccc3)nc3c(C)cccn3c2=O)SC1=S. The van der Waals surface area contributed by atoms with E-state index in [-0.39, 0.29) is 11.5 Å². The number of fused-ring (bicyclic) bond motifs is 1. The summed E-state index contributed by atoms with van der Waals surface area (Å²) in [4.78, 5) is 33.6. The van der Waals surface area contributed by atoms with E-state index in [2.05, 4.69) is 24.4 Å². The molecule has 8 heteroatoms. The van der Waals surface area contributed by atoms with Gasteiger partial charge in [0.15, 0.2) is 0 Å². The van der Waals surface area contributed by atoms with Crippen molar-refractivity contribution < 1.29 is 4.79 Å². The first-order valence-corrected chi connectivity index (χ1v) is 13.8. The van der Waals surface area contributed by atoms with Gasteiger partial charge in [0.1, 0.15) is 15.8 Å². The number of aryl methyl sites for hydroxylation is 1. The highest BCUT2D eigenvalue weighted by atomic mass is 32.2. The molecule has 1 aromatic carbocycles.